The van der Waals surface area contributed by atoms with Gasteiger partial charge in [0.15, 0.2) is 0 Å². The lowest BCUT2D eigenvalue weighted by atomic mass is 10.1. The molecule has 0 saturated carbocycles. The van der Waals surface area contributed by atoms with Crippen molar-refractivity contribution in [1.82, 2.24) is 5.32 Å². The smallest absolute Gasteiger partial charge is 0.127 e. The summed E-state index contributed by atoms with van der Waals surface area (Å²) >= 11 is 0. The number of nitrogens with one attached hydrogen (secondary N) is 1. The van der Waals surface area contributed by atoms with E-state index in [2.05, 4.69) is 5.32 Å². The van der Waals surface area contributed by atoms with Crippen molar-refractivity contribution in [1.29, 1.82) is 0 Å². The van der Waals surface area contributed by atoms with Crippen LogP contribution in [0.25, 0.3) is 0 Å². The Kier molecular flexibility index (Phi) is 8.02. The Bertz CT molecular complexity index is 384. The Balaban J connectivity index is 2.64. The quantitative estimate of drug-likeness (QED) is 0.666. The number of ether oxygens (including phenoxy) is 4. The summed E-state index contributed by atoms with van der Waals surface area (Å²) in [7, 11) is 5.20. The van der Waals surface area contributed by atoms with Gasteiger partial charge in [0.1, 0.15) is 11.5 Å². The van der Waals surface area contributed by atoms with Crippen LogP contribution in [0.3, 0.4) is 0 Å². The van der Waals surface area contributed by atoms with Crippen LogP contribution < -0.4 is 14.8 Å². The molecule has 0 amide bonds. The highest BCUT2D eigenvalue weighted by atomic mass is 16.5. The van der Waals surface area contributed by atoms with Crippen molar-refractivity contribution in [3.63, 3.8) is 0 Å². The molecule has 20 heavy (non-hydrogen) atoms. The zero-order valence-corrected chi connectivity index (χ0v) is 12.8. The summed E-state index contributed by atoms with van der Waals surface area (Å²) in [4.78, 5) is 0. The summed E-state index contributed by atoms with van der Waals surface area (Å²) in [6, 6.07) is 5.85. The summed E-state index contributed by atoms with van der Waals surface area (Å²) in [6.45, 7) is 4.45. The molecule has 0 radical (unpaired) electrons. The van der Waals surface area contributed by atoms with Crippen LogP contribution >= 0.6 is 0 Å². The minimum atomic E-state index is 0.0671. The fraction of sp³-hybridized carbons (Fsp3) is 0.600. The van der Waals surface area contributed by atoms with Crippen LogP contribution in [0.2, 0.25) is 0 Å². The van der Waals surface area contributed by atoms with Crippen molar-refractivity contribution in [2.75, 3.05) is 47.7 Å². The molecule has 0 aliphatic carbocycles. The van der Waals surface area contributed by atoms with E-state index >= 15 is 0 Å². The number of benzene rings is 1. The summed E-state index contributed by atoms with van der Waals surface area (Å²) in [5.74, 6) is 1.56. The van der Waals surface area contributed by atoms with Crippen LogP contribution in [-0.4, -0.2) is 47.7 Å². The van der Waals surface area contributed by atoms with Gasteiger partial charge in [-0.05, 0) is 26.1 Å². The maximum Gasteiger partial charge on any atom is 0.127 e. The first kappa shape index (κ1) is 16.8. The van der Waals surface area contributed by atoms with Gasteiger partial charge in [0, 0.05) is 18.2 Å². The third kappa shape index (κ3) is 5.00. The Labute approximate surface area is 121 Å². The molecule has 0 saturated heterocycles. The summed E-state index contributed by atoms with van der Waals surface area (Å²) in [5, 5.41) is 3.23. The van der Waals surface area contributed by atoms with E-state index in [0.717, 1.165) is 17.1 Å². The van der Waals surface area contributed by atoms with Crippen LogP contribution in [0.5, 0.6) is 11.5 Å². The second-order valence-corrected chi connectivity index (χ2v) is 4.22. The molecule has 1 aromatic rings. The number of methoxy groups -OCH3 is 2. The van der Waals surface area contributed by atoms with Crippen molar-refractivity contribution in [2.24, 2.45) is 0 Å². The van der Waals surface area contributed by atoms with Gasteiger partial charge in [-0.15, -0.1) is 0 Å². The highest BCUT2D eigenvalue weighted by molar-refractivity contribution is 5.42. The Hall–Kier alpha value is -1.30. The van der Waals surface area contributed by atoms with Crippen molar-refractivity contribution >= 4 is 0 Å². The van der Waals surface area contributed by atoms with Crippen LogP contribution in [0.15, 0.2) is 18.2 Å². The average molecular weight is 283 g/mol. The maximum absolute atomic E-state index is 5.62. The molecule has 0 bridgehead atoms. The zero-order valence-electron chi connectivity index (χ0n) is 12.8. The molecule has 1 N–H and O–H groups in total. The topological polar surface area (TPSA) is 49.0 Å². The Morgan fingerprint density at radius 3 is 2.45 bits per heavy atom. The van der Waals surface area contributed by atoms with E-state index in [1.165, 1.54) is 0 Å². The minimum Gasteiger partial charge on any atom is -0.497 e. The van der Waals surface area contributed by atoms with Gasteiger partial charge in [0.25, 0.3) is 0 Å². The highest BCUT2D eigenvalue weighted by Crippen LogP contribution is 2.29. The first-order valence-corrected chi connectivity index (χ1v) is 6.81. The van der Waals surface area contributed by atoms with Gasteiger partial charge in [-0.2, -0.15) is 0 Å². The van der Waals surface area contributed by atoms with E-state index in [-0.39, 0.29) is 6.04 Å². The predicted molar refractivity (Wildman–Crippen MR) is 78.7 cm³/mol. The van der Waals surface area contributed by atoms with E-state index in [1.807, 2.05) is 32.2 Å². The molecule has 0 aliphatic rings. The zero-order chi connectivity index (χ0) is 14.8. The SMILES string of the molecule is CCOCCOCC(NC)c1ccc(OC)cc1OC. The van der Waals surface area contributed by atoms with Crippen molar-refractivity contribution in [2.45, 2.75) is 13.0 Å². The Morgan fingerprint density at radius 1 is 1.10 bits per heavy atom. The van der Waals surface area contributed by atoms with E-state index in [1.54, 1.807) is 14.2 Å². The van der Waals surface area contributed by atoms with Gasteiger partial charge in [0.05, 0.1) is 40.1 Å². The largest absolute Gasteiger partial charge is 0.497 e. The van der Waals surface area contributed by atoms with Gasteiger partial charge in [-0.1, -0.05) is 0 Å². The first-order valence-electron chi connectivity index (χ1n) is 6.81. The molecular formula is C15H25NO4. The van der Waals surface area contributed by atoms with E-state index in [0.29, 0.717) is 26.4 Å². The van der Waals surface area contributed by atoms with Crippen molar-refractivity contribution in [3.8, 4) is 11.5 Å². The number of likely N-dealkylation sites (N-methyl/N-ethyl adjacent to an activating group) is 1. The van der Waals surface area contributed by atoms with E-state index in [4.69, 9.17) is 18.9 Å². The fourth-order valence-corrected chi connectivity index (χ4v) is 1.90. The van der Waals surface area contributed by atoms with Gasteiger partial charge < -0.3 is 24.3 Å². The van der Waals surface area contributed by atoms with Gasteiger partial charge in [-0.3, -0.25) is 0 Å². The van der Waals surface area contributed by atoms with Crippen LogP contribution in [0.4, 0.5) is 0 Å². The maximum atomic E-state index is 5.62. The van der Waals surface area contributed by atoms with Crippen LogP contribution in [0.1, 0.15) is 18.5 Å². The summed E-state index contributed by atoms with van der Waals surface area (Å²) < 4.78 is 21.5. The normalized spacial score (nSPS) is 12.2. The fourth-order valence-electron chi connectivity index (χ4n) is 1.90. The number of hydrogen-bond donors (Lipinski definition) is 1. The van der Waals surface area contributed by atoms with Gasteiger partial charge in [0.2, 0.25) is 0 Å². The summed E-state index contributed by atoms with van der Waals surface area (Å²) in [5.41, 5.74) is 1.05. The first-order chi connectivity index (χ1) is 9.76. The molecule has 0 spiro atoms. The molecule has 1 rings (SSSR count). The molecule has 0 aliphatic heterocycles. The van der Waals surface area contributed by atoms with Crippen molar-refractivity contribution in [3.05, 3.63) is 23.8 Å². The second-order valence-electron chi connectivity index (χ2n) is 4.22. The van der Waals surface area contributed by atoms with Gasteiger partial charge >= 0.3 is 0 Å². The van der Waals surface area contributed by atoms with Gasteiger partial charge in [-0.25, -0.2) is 0 Å². The summed E-state index contributed by atoms with van der Waals surface area (Å²) in [6.07, 6.45) is 0. The molecule has 1 unspecified atom stereocenters. The molecule has 1 aromatic carbocycles. The molecule has 5 nitrogen and oxygen atoms in total. The third-order valence-corrected chi connectivity index (χ3v) is 3.03. The standard InChI is InChI=1S/C15H25NO4/c1-5-19-8-9-20-11-14(16-2)13-7-6-12(17-3)10-15(13)18-4/h6-7,10,14,16H,5,8-9,11H2,1-4H3. The third-order valence-electron chi connectivity index (χ3n) is 3.03. The minimum absolute atomic E-state index is 0.0671. The highest BCUT2D eigenvalue weighted by Gasteiger charge is 2.15. The van der Waals surface area contributed by atoms with Crippen molar-refractivity contribution < 1.29 is 18.9 Å². The second kappa shape index (κ2) is 9.58. The number of rotatable bonds is 10. The molecule has 5 heteroatoms. The molecule has 114 valence electrons. The van der Waals surface area contributed by atoms with Crippen LogP contribution in [0, 0.1) is 0 Å². The van der Waals surface area contributed by atoms with Crippen LogP contribution in [-0.2, 0) is 9.47 Å². The Morgan fingerprint density at radius 2 is 1.85 bits per heavy atom. The lowest BCUT2D eigenvalue weighted by Gasteiger charge is -2.20. The monoisotopic (exact) mass is 283 g/mol. The molecule has 0 fully saturated rings. The number of hydrogen-bond acceptors (Lipinski definition) is 5. The molecule has 0 aromatic heterocycles. The lowest BCUT2D eigenvalue weighted by Crippen LogP contribution is -2.23. The predicted octanol–water partition coefficient (Wildman–Crippen LogP) is 2.02. The van der Waals surface area contributed by atoms with E-state index < -0.39 is 0 Å². The lowest BCUT2D eigenvalue weighted by molar-refractivity contribution is 0.0439. The molecular weight excluding hydrogens is 258 g/mol. The average Bonchev–Trinajstić information content (AvgIpc) is 2.50. The molecule has 0 heterocycles. The molecule has 1 atom stereocenters. The van der Waals surface area contributed by atoms with E-state index in [9.17, 15) is 0 Å².